The largest absolute Gasteiger partial charge is 0.480 e. The molecule has 0 bridgehead atoms. The van der Waals surface area contributed by atoms with Gasteiger partial charge in [0.1, 0.15) is 18.1 Å². The Bertz CT molecular complexity index is 1070. The van der Waals surface area contributed by atoms with Crippen molar-refractivity contribution in [3.63, 3.8) is 0 Å². The molecule has 1 aromatic heterocycles. The van der Waals surface area contributed by atoms with Crippen molar-refractivity contribution in [3.8, 4) is 0 Å². The Morgan fingerprint density at radius 3 is 2.19 bits per heavy atom. The maximum atomic E-state index is 13.4. The number of benzene rings is 1. The first-order valence-corrected chi connectivity index (χ1v) is 12.6. The van der Waals surface area contributed by atoms with Crippen LogP contribution in [0.2, 0.25) is 0 Å². The van der Waals surface area contributed by atoms with Gasteiger partial charge in [-0.3, -0.25) is 14.4 Å². The minimum Gasteiger partial charge on any atom is -0.480 e. The topological polar surface area (TPSA) is 166 Å². The van der Waals surface area contributed by atoms with E-state index < -0.39 is 47.9 Å². The average Bonchev–Trinajstić information content (AvgIpc) is 3.22. The van der Waals surface area contributed by atoms with Gasteiger partial charge in [-0.05, 0) is 29.9 Å². The van der Waals surface area contributed by atoms with Crippen molar-refractivity contribution in [2.24, 2.45) is 17.6 Å². The molecule has 1 aromatic carbocycles. The molecule has 36 heavy (non-hydrogen) atoms. The van der Waals surface area contributed by atoms with E-state index in [-0.39, 0.29) is 30.4 Å². The number of carbonyl (C=O) groups is 4. The fraction of sp³-hybridized carbons (Fsp3) is 0.520. The number of H-pyrrole nitrogens is 1. The second-order valence-corrected chi connectivity index (χ2v) is 10.0. The molecule has 0 aliphatic heterocycles. The number of fused-ring (bicyclic) bond motifs is 1. The minimum atomic E-state index is -1.14. The van der Waals surface area contributed by atoms with E-state index in [0.717, 1.165) is 16.5 Å². The normalized spacial score (nSPS) is 14.8. The Hall–Kier alpha value is -3.05. The highest BCUT2D eigenvalue weighted by Crippen LogP contribution is 2.19. The number of nitrogens with two attached hydrogens (primary N) is 1. The van der Waals surface area contributed by atoms with Gasteiger partial charge in [0.2, 0.25) is 17.7 Å². The molecule has 0 spiro atoms. The lowest BCUT2D eigenvalue weighted by Gasteiger charge is -2.27. The first-order valence-electron chi connectivity index (χ1n) is 12.0. The summed E-state index contributed by atoms with van der Waals surface area (Å²) in [5, 5.41) is 18.3. The van der Waals surface area contributed by atoms with Crippen LogP contribution < -0.4 is 21.7 Å². The van der Waals surface area contributed by atoms with Gasteiger partial charge >= 0.3 is 5.97 Å². The third-order valence-corrected chi connectivity index (χ3v) is 6.23. The zero-order valence-corrected chi connectivity index (χ0v) is 22.0. The van der Waals surface area contributed by atoms with Crippen LogP contribution in [-0.2, 0) is 25.6 Å². The third kappa shape index (κ3) is 7.99. The molecule has 0 saturated carbocycles. The van der Waals surface area contributed by atoms with E-state index in [1.807, 2.05) is 38.1 Å². The van der Waals surface area contributed by atoms with Crippen LogP contribution in [-0.4, -0.2) is 63.7 Å². The lowest BCUT2D eigenvalue weighted by atomic mass is 9.99. The molecular formula is C25H37N5O5S. The maximum absolute atomic E-state index is 13.4. The smallest absolute Gasteiger partial charge is 0.326 e. The summed E-state index contributed by atoms with van der Waals surface area (Å²) in [6.45, 7) is 7.20. The van der Waals surface area contributed by atoms with Crippen molar-refractivity contribution >= 4 is 47.2 Å². The highest BCUT2D eigenvalue weighted by atomic mass is 32.1. The zero-order chi connectivity index (χ0) is 27.0. The first-order chi connectivity index (χ1) is 16.9. The van der Waals surface area contributed by atoms with Crippen molar-refractivity contribution in [2.75, 3.05) is 5.75 Å². The lowest BCUT2D eigenvalue weighted by molar-refractivity contribution is -0.143. The summed E-state index contributed by atoms with van der Waals surface area (Å²) < 4.78 is 0. The number of aliphatic carboxylic acids is 1. The van der Waals surface area contributed by atoms with Crippen LogP contribution in [0.3, 0.4) is 0 Å². The van der Waals surface area contributed by atoms with Gasteiger partial charge in [-0.2, -0.15) is 12.6 Å². The second-order valence-electron chi connectivity index (χ2n) is 9.67. The van der Waals surface area contributed by atoms with Crippen molar-refractivity contribution in [3.05, 3.63) is 36.0 Å². The molecule has 0 radical (unpaired) electrons. The van der Waals surface area contributed by atoms with Crippen molar-refractivity contribution < 1.29 is 24.3 Å². The molecular weight excluding hydrogens is 482 g/mol. The number of hydrogen-bond donors (Lipinski definition) is 7. The fourth-order valence-corrected chi connectivity index (χ4v) is 4.00. The van der Waals surface area contributed by atoms with Crippen molar-refractivity contribution in [2.45, 2.75) is 64.7 Å². The molecule has 1 heterocycles. The van der Waals surface area contributed by atoms with Crippen LogP contribution in [0, 0.1) is 11.8 Å². The van der Waals surface area contributed by atoms with Gasteiger partial charge in [-0.25, -0.2) is 4.79 Å². The summed E-state index contributed by atoms with van der Waals surface area (Å²) in [7, 11) is 0. The number of carboxylic acid groups (broad SMARTS) is 1. The summed E-state index contributed by atoms with van der Waals surface area (Å²) in [6, 6.07) is 3.54. The van der Waals surface area contributed by atoms with Gasteiger partial charge in [-0.15, -0.1) is 0 Å². The lowest BCUT2D eigenvalue weighted by Crippen LogP contribution is -2.59. The van der Waals surface area contributed by atoms with E-state index in [2.05, 4.69) is 33.6 Å². The van der Waals surface area contributed by atoms with E-state index in [1.165, 1.54) is 0 Å². The number of para-hydroxylation sites is 1. The molecule has 3 amide bonds. The highest BCUT2D eigenvalue weighted by Gasteiger charge is 2.32. The molecule has 4 unspecified atom stereocenters. The Labute approximate surface area is 216 Å². The van der Waals surface area contributed by atoms with Crippen LogP contribution in [0.1, 0.15) is 39.7 Å². The van der Waals surface area contributed by atoms with Gasteiger partial charge in [0.25, 0.3) is 0 Å². The molecule has 2 aromatic rings. The number of carbonyl (C=O) groups excluding carboxylic acids is 3. The average molecular weight is 520 g/mol. The fourth-order valence-electron chi connectivity index (χ4n) is 3.83. The Morgan fingerprint density at radius 2 is 1.61 bits per heavy atom. The molecule has 198 valence electrons. The molecule has 0 aliphatic carbocycles. The minimum absolute atomic E-state index is 0.0466. The number of aromatic amines is 1. The van der Waals surface area contributed by atoms with Crippen LogP contribution >= 0.6 is 12.6 Å². The van der Waals surface area contributed by atoms with Gasteiger partial charge in [-0.1, -0.05) is 45.9 Å². The van der Waals surface area contributed by atoms with Crippen LogP contribution in [0.4, 0.5) is 0 Å². The SMILES string of the molecule is CC(C)CC(NC(=O)C(NC(=O)C(Cc1c[nH]c2ccccc12)NC(=O)C(N)CS)C(C)C)C(=O)O. The van der Waals surface area contributed by atoms with Crippen molar-refractivity contribution in [1.82, 2.24) is 20.9 Å². The number of carboxylic acids is 1. The summed E-state index contributed by atoms with van der Waals surface area (Å²) in [5.74, 6) is -3.07. The molecule has 2 rings (SSSR count). The molecule has 10 nitrogen and oxygen atoms in total. The highest BCUT2D eigenvalue weighted by molar-refractivity contribution is 7.80. The van der Waals surface area contributed by atoms with E-state index in [4.69, 9.17) is 5.73 Å². The summed E-state index contributed by atoms with van der Waals surface area (Å²) in [4.78, 5) is 53.7. The monoisotopic (exact) mass is 519 g/mol. The molecule has 0 fully saturated rings. The van der Waals surface area contributed by atoms with E-state index >= 15 is 0 Å². The van der Waals surface area contributed by atoms with Crippen LogP contribution in [0.25, 0.3) is 10.9 Å². The molecule has 0 aliphatic rings. The Kier molecular flexibility index (Phi) is 10.8. The predicted octanol–water partition coefficient (Wildman–Crippen LogP) is 1.21. The van der Waals surface area contributed by atoms with E-state index in [9.17, 15) is 24.3 Å². The number of aromatic nitrogens is 1. The van der Waals surface area contributed by atoms with Gasteiger partial charge in [0, 0.05) is 29.3 Å². The van der Waals surface area contributed by atoms with Crippen molar-refractivity contribution in [1.29, 1.82) is 0 Å². The number of thiol groups is 1. The number of nitrogens with one attached hydrogen (secondary N) is 4. The van der Waals surface area contributed by atoms with Crippen LogP contribution in [0.5, 0.6) is 0 Å². The second kappa shape index (κ2) is 13.3. The van der Waals surface area contributed by atoms with E-state index in [1.54, 1.807) is 20.0 Å². The van der Waals surface area contributed by atoms with Gasteiger partial charge in [0.15, 0.2) is 0 Å². The molecule has 11 heteroatoms. The van der Waals surface area contributed by atoms with Gasteiger partial charge in [0.05, 0.1) is 6.04 Å². The van der Waals surface area contributed by atoms with Crippen LogP contribution in [0.15, 0.2) is 30.5 Å². The molecule has 0 saturated heterocycles. The maximum Gasteiger partial charge on any atom is 0.326 e. The standard InChI is InChI=1S/C25H37N5O5S/c1-13(2)9-20(25(34)35)29-24(33)21(14(3)4)30-23(32)19(28-22(31)17(26)12-36)10-15-11-27-18-8-6-5-7-16(15)18/h5-8,11,13-14,17,19-21,27,36H,9-10,12,26H2,1-4H3,(H,28,31)(H,29,33)(H,30,32)(H,34,35). The predicted molar refractivity (Wildman–Crippen MR) is 142 cm³/mol. The first kappa shape index (κ1) is 29.2. The number of amides is 3. The van der Waals surface area contributed by atoms with E-state index in [0.29, 0.717) is 0 Å². The third-order valence-electron chi connectivity index (χ3n) is 5.83. The zero-order valence-electron chi connectivity index (χ0n) is 21.1. The summed E-state index contributed by atoms with van der Waals surface area (Å²) in [6.07, 6.45) is 2.17. The Morgan fingerprint density at radius 1 is 0.972 bits per heavy atom. The summed E-state index contributed by atoms with van der Waals surface area (Å²) in [5.41, 5.74) is 7.49. The molecule has 4 atom stereocenters. The number of rotatable bonds is 13. The Balaban J connectivity index is 2.26. The molecule has 7 N–H and O–H groups in total. The summed E-state index contributed by atoms with van der Waals surface area (Å²) >= 11 is 4.06. The van der Waals surface area contributed by atoms with Gasteiger partial charge < -0.3 is 31.8 Å². The number of hydrogen-bond acceptors (Lipinski definition) is 6. The quantitative estimate of drug-likeness (QED) is 0.196.